The van der Waals surface area contributed by atoms with E-state index in [4.69, 9.17) is 15.0 Å². The molecule has 0 fully saturated rings. The lowest BCUT2D eigenvalue weighted by Gasteiger charge is -2.15. The fourth-order valence-corrected chi connectivity index (χ4v) is 7.72. The van der Waals surface area contributed by atoms with Crippen LogP contribution in [-0.4, -0.2) is 15.0 Å². The zero-order chi connectivity index (χ0) is 37.3. The summed E-state index contributed by atoms with van der Waals surface area (Å²) in [7, 11) is 0. The first-order chi connectivity index (χ1) is 27.7. The maximum atomic E-state index is 5.21. The molecule has 10 rings (SSSR count). The molecule has 0 aliphatic rings. The van der Waals surface area contributed by atoms with Crippen molar-refractivity contribution in [3.05, 3.63) is 212 Å². The van der Waals surface area contributed by atoms with Gasteiger partial charge in [-0.05, 0) is 68.4 Å². The van der Waals surface area contributed by atoms with Crippen molar-refractivity contribution in [2.45, 2.75) is 0 Å². The second kappa shape index (κ2) is 14.4. The van der Waals surface area contributed by atoms with Crippen molar-refractivity contribution in [1.82, 2.24) is 15.0 Å². The quantitative estimate of drug-likeness (QED) is 0.154. The van der Waals surface area contributed by atoms with Gasteiger partial charge >= 0.3 is 0 Å². The molecule has 2 aromatic heterocycles. The molecule has 3 heteroatoms. The lowest BCUT2D eigenvalue weighted by atomic mass is 9.91. The minimum atomic E-state index is 0.697. The Kier molecular flexibility index (Phi) is 8.51. The number of benzene rings is 8. The molecule has 10 aromatic rings. The third-order valence-corrected chi connectivity index (χ3v) is 10.5. The van der Waals surface area contributed by atoms with Crippen molar-refractivity contribution in [3.8, 4) is 78.5 Å². The molecule has 0 amide bonds. The molecule has 0 unspecified atom stereocenters. The van der Waals surface area contributed by atoms with Crippen LogP contribution >= 0.6 is 0 Å². The van der Waals surface area contributed by atoms with Crippen LogP contribution in [0.3, 0.4) is 0 Å². The van der Waals surface area contributed by atoms with E-state index >= 15 is 0 Å². The summed E-state index contributed by atoms with van der Waals surface area (Å²) in [5.41, 5.74) is 14.8. The lowest BCUT2D eigenvalue weighted by molar-refractivity contribution is 1.18. The van der Waals surface area contributed by atoms with E-state index in [9.17, 15) is 0 Å². The number of hydrogen-bond donors (Lipinski definition) is 0. The molecule has 0 atom stereocenters. The van der Waals surface area contributed by atoms with Gasteiger partial charge in [0, 0.05) is 27.6 Å². The number of fused-ring (bicyclic) bond motifs is 3. The molecule has 2 heterocycles. The normalized spacial score (nSPS) is 11.2. The number of pyridine rings is 1. The van der Waals surface area contributed by atoms with Gasteiger partial charge in [0.1, 0.15) is 0 Å². The van der Waals surface area contributed by atoms with Gasteiger partial charge in [0.25, 0.3) is 0 Å². The second-order valence-electron chi connectivity index (χ2n) is 14.0. The molecule has 0 radical (unpaired) electrons. The van der Waals surface area contributed by atoms with Gasteiger partial charge in [0.15, 0.2) is 5.82 Å². The Morgan fingerprint density at radius 1 is 0.250 bits per heavy atom. The third-order valence-electron chi connectivity index (χ3n) is 10.5. The SMILES string of the molecule is c1ccc(-c2ccc(-c3cc(-c4cccc(-c5cccc6c5ccc5nc(-c7ccccc7)cc(-c7ccccc7)c56)c4)nc(-c4ccccc4)n3)cc2)cc1. The molecule has 8 aromatic carbocycles. The average Bonchev–Trinajstić information content (AvgIpc) is 3.29. The second-order valence-corrected chi connectivity index (χ2v) is 14.0. The summed E-state index contributed by atoms with van der Waals surface area (Å²) >= 11 is 0. The first-order valence-corrected chi connectivity index (χ1v) is 18.9. The van der Waals surface area contributed by atoms with Crippen molar-refractivity contribution in [3.63, 3.8) is 0 Å². The molecule has 0 saturated carbocycles. The van der Waals surface area contributed by atoms with Crippen LogP contribution < -0.4 is 0 Å². The number of rotatable bonds is 7. The topological polar surface area (TPSA) is 38.7 Å². The number of hydrogen-bond acceptors (Lipinski definition) is 3. The minimum Gasteiger partial charge on any atom is -0.248 e. The Morgan fingerprint density at radius 2 is 0.750 bits per heavy atom. The van der Waals surface area contributed by atoms with Crippen molar-refractivity contribution in [1.29, 1.82) is 0 Å². The molecule has 3 nitrogen and oxygen atoms in total. The maximum Gasteiger partial charge on any atom is 0.160 e. The summed E-state index contributed by atoms with van der Waals surface area (Å²) in [4.78, 5) is 15.5. The Bertz CT molecular complexity index is 2980. The predicted octanol–water partition coefficient (Wildman–Crippen LogP) is 13.8. The summed E-state index contributed by atoms with van der Waals surface area (Å²) in [6.07, 6.45) is 0. The third kappa shape index (κ3) is 6.31. The van der Waals surface area contributed by atoms with E-state index in [0.717, 1.165) is 61.4 Å². The van der Waals surface area contributed by atoms with E-state index in [1.165, 1.54) is 33.0 Å². The van der Waals surface area contributed by atoms with Gasteiger partial charge < -0.3 is 0 Å². The molecule has 56 heavy (non-hydrogen) atoms. The fraction of sp³-hybridized carbons (Fsp3) is 0. The smallest absolute Gasteiger partial charge is 0.160 e. The molecule has 0 spiro atoms. The molecule has 0 bridgehead atoms. The lowest BCUT2D eigenvalue weighted by Crippen LogP contribution is -1.96. The molecular formula is C53H35N3. The van der Waals surface area contributed by atoms with Gasteiger partial charge in [-0.1, -0.05) is 188 Å². The Balaban J connectivity index is 1.10. The van der Waals surface area contributed by atoms with Gasteiger partial charge in [-0.3, -0.25) is 0 Å². The summed E-state index contributed by atoms with van der Waals surface area (Å²) < 4.78 is 0. The van der Waals surface area contributed by atoms with E-state index in [1.54, 1.807) is 0 Å². The van der Waals surface area contributed by atoms with Gasteiger partial charge in [0.2, 0.25) is 0 Å². The summed E-state index contributed by atoms with van der Waals surface area (Å²) in [5.74, 6) is 0.697. The molecule has 262 valence electrons. The van der Waals surface area contributed by atoms with Crippen LogP contribution in [0.1, 0.15) is 0 Å². The summed E-state index contributed by atoms with van der Waals surface area (Å²) in [5, 5.41) is 3.50. The molecule has 0 aliphatic heterocycles. The first-order valence-electron chi connectivity index (χ1n) is 18.9. The van der Waals surface area contributed by atoms with Crippen LogP contribution in [0.25, 0.3) is 100 Å². The summed E-state index contributed by atoms with van der Waals surface area (Å²) in [6.45, 7) is 0. The highest BCUT2D eigenvalue weighted by molar-refractivity contribution is 6.17. The molecule has 0 N–H and O–H groups in total. The van der Waals surface area contributed by atoms with E-state index < -0.39 is 0 Å². The van der Waals surface area contributed by atoms with Crippen molar-refractivity contribution in [2.24, 2.45) is 0 Å². The van der Waals surface area contributed by atoms with Crippen molar-refractivity contribution >= 4 is 21.7 Å². The number of aromatic nitrogens is 3. The van der Waals surface area contributed by atoms with Gasteiger partial charge in [-0.25, -0.2) is 15.0 Å². The maximum absolute atomic E-state index is 5.21. The van der Waals surface area contributed by atoms with Gasteiger partial charge in [0.05, 0.1) is 22.6 Å². The van der Waals surface area contributed by atoms with Crippen LogP contribution in [0.2, 0.25) is 0 Å². The van der Waals surface area contributed by atoms with Crippen LogP contribution in [0, 0.1) is 0 Å². The zero-order valence-corrected chi connectivity index (χ0v) is 30.5. The zero-order valence-electron chi connectivity index (χ0n) is 30.5. The first kappa shape index (κ1) is 33.1. The highest BCUT2D eigenvalue weighted by atomic mass is 14.9. The van der Waals surface area contributed by atoms with Crippen LogP contribution in [0.4, 0.5) is 0 Å². The highest BCUT2D eigenvalue weighted by Crippen LogP contribution is 2.40. The Hall–Kier alpha value is -7.49. The van der Waals surface area contributed by atoms with E-state index in [1.807, 2.05) is 30.3 Å². The Morgan fingerprint density at radius 3 is 1.45 bits per heavy atom. The van der Waals surface area contributed by atoms with Crippen LogP contribution in [0.5, 0.6) is 0 Å². The number of nitrogens with zero attached hydrogens (tertiary/aromatic N) is 3. The monoisotopic (exact) mass is 713 g/mol. The average molecular weight is 714 g/mol. The highest BCUT2D eigenvalue weighted by Gasteiger charge is 2.16. The molecule has 0 aliphatic carbocycles. The van der Waals surface area contributed by atoms with Crippen LogP contribution in [0.15, 0.2) is 212 Å². The van der Waals surface area contributed by atoms with E-state index in [2.05, 4.69) is 182 Å². The largest absolute Gasteiger partial charge is 0.248 e. The van der Waals surface area contributed by atoms with Gasteiger partial charge in [-0.2, -0.15) is 0 Å². The Labute approximate surface area is 326 Å². The van der Waals surface area contributed by atoms with Crippen LogP contribution in [-0.2, 0) is 0 Å². The van der Waals surface area contributed by atoms with E-state index in [-0.39, 0.29) is 0 Å². The van der Waals surface area contributed by atoms with Gasteiger partial charge in [-0.15, -0.1) is 0 Å². The molecule has 0 saturated heterocycles. The predicted molar refractivity (Wildman–Crippen MR) is 233 cm³/mol. The minimum absolute atomic E-state index is 0.697. The standard InChI is InChI=1S/C53H35N3/c1-5-15-36(16-6-1)37-27-29-40(30-28-37)50-35-51(56-53(55-50)41-21-11-4-12-22-41)43-24-13-23-42(33-43)44-25-14-26-46-45(44)31-32-48-52(46)47(38-17-7-2-8-18-38)34-49(54-48)39-19-9-3-10-20-39/h1-35H. The molecular weight excluding hydrogens is 679 g/mol. The fourth-order valence-electron chi connectivity index (χ4n) is 7.72. The van der Waals surface area contributed by atoms with E-state index in [0.29, 0.717) is 5.82 Å². The van der Waals surface area contributed by atoms with Crippen molar-refractivity contribution < 1.29 is 0 Å². The van der Waals surface area contributed by atoms with Crippen molar-refractivity contribution in [2.75, 3.05) is 0 Å². The summed E-state index contributed by atoms with van der Waals surface area (Å²) in [6, 6.07) is 74.5.